The van der Waals surface area contributed by atoms with Crippen molar-refractivity contribution >= 4 is 5.82 Å². The number of methoxy groups -OCH3 is 1. The minimum Gasteiger partial charge on any atom is -0.481 e. The summed E-state index contributed by atoms with van der Waals surface area (Å²) >= 11 is 0. The van der Waals surface area contributed by atoms with Crippen LogP contribution in [0.25, 0.3) is 0 Å². The van der Waals surface area contributed by atoms with Gasteiger partial charge in [-0.1, -0.05) is 0 Å². The van der Waals surface area contributed by atoms with E-state index in [1.807, 2.05) is 12.1 Å². The van der Waals surface area contributed by atoms with Gasteiger partial charge in [0, 0.05) is 12.6 Å². The lowest BCUT2D eigenvalue weighted by molar-refractivity contribution is 0.225. The Morgan fingerprint density at radius 3 is 2.95 bits per heavy atom. The van der Waals surface area contributed by atoms with Gasteiger partial charge in [0.05, 0.1) is 19.4 Å². The molecule has 1 atom stereocenters. The highest BCUT2D eigenvalue weighted by Crippen LogP contribution is 2.26. The van der Waals surface area contributed by atoms with Crippen LogP contribution in [-0.4, -0.2) is 41.6 Å². The van der Waals surface area contributed by atoms with Crippen molar-refractivity contribution < 1.29 is 9.15 Å². The van der Waals surface area contributed by atoms with Crippen LogP contribution in [0.2, 0.25) is 0 Å². The van der Waals surface area contributed by atoms with Crippen molar-refractivity contribution in [3.8, 4) is 5.88 Å². The lowest BCUT2D eigenvalue weighted by atomic mass is 10.2. The fourth-order valence-corrected chi connectivity index (χ4v) is 2.69. The minimum atomic E-state index is 0.225. The smallest absolute Gasteiger partial charge is 0.218 e. The molecule has 0 amide bonds. The van der Waals surface area contributed by atoms with E-state index in [1.165, 1.54) is 19.2 Å². The first-order chi connectivity index (χ1) is 10.4. The van der Waals surface area contributed by atoms with Crippen LogP contribution < -0.4 is 10.1 Å². The maximum atomic E-state index is 5.60. The first kappa shape index (κ1) is 13.9. The fraction of sp³-hybridized carbons (Fsp3) is 0.467. The Balaban J connectivity index is 1.69. The van der Waals surface area contributed by atoms with E-state index in [0.29, 0.717) is 5.88 Å². The van der Waals surface area contributed by atoms with E-state index in [0.717, 1.165) is 31.2 Å². The van der Waals surface area contributed by atoms with Gasteiger partial charge in [0.25, 0.3) is 0 Å². The average Bonchev–Trinajstić information content (AvgIpc) is 3.21. The number of likely N-dealkylation sites (tertiary alicyclic amines) is 1. The predicted octanol–water partition coefficient (Wildman–Crippen LogP) is 2.33. The molecule has 1 fully saturated rings. The van der Waals surface area contributed by atoms with Crippen LogP contribution in [0.4, 0.5) is 5.82 Å². The Morgan fingerprint density at radius 2 is 2.24 bits per heavy atom. The molecule has 3 rings (SSSR count). The van der Waals surface area contributed by atoms with Crippen molar-refractivity contribution in [3.05, 3.63) is 36.5 Å². The highest BCUT2D eigenvalue weighted by molar-refractivity contribution is 5.37. The predicted molar refractivity (Wildman–Crippen MR) is 79.3 cm³/mol. The fourth-order valence-electron chi connectivity index (χ4n) is 2.69. The van der Waals surface area contributed by atoms with Crippen molar-refractivity contribution in [1.29, 1.82) is 0 Å². The quantitative estimate of drug-likeness (QED) is 0.880. The lowest BCUT2D eigenvalue weighted by Crippen LogP contribution is -2.30. The Hall–Kier alpha value is -2.08. The first-order valence-corrected chi connectivity index (χ1v) is 7.24. The molecule has 3 heterocycles. The summed E-state index contributed by atoms with van der Waals surface area (Å²) in [5, 5.41) is 3.35. The highest BCUT2D eigenvalue weighted by Gasteiger charge is 2.25. The van der Waals surface area contributed by atoms with Crippen molar-refractivity contribution in [2.75, 3.05) is 32.1 Å². The summed E-state index contributed by atoms with van der Waals surface area (Å²) in [6.45, 7) is 2.97. The number of nitrogens with one attached hydrogen (secondary N) is 1. The third-order valence-corrected chi connectivity index (χ3v) is 3.78. The topological polar surface area (TPSA) is 63.4 Å². The Morgan fingerprint density at radius 1 is 1.38 bits per heavy atom. The average molecular weight is 288 g/mol. The number of anilines is 1. The summed E-state index contributed by atoms with van der Waals surface area (Å²) < 4.78 is 10.7. The van der Waals surface area contributed by atoms with Crippen LogP contribution in [0.15, 0.2) is 35.2 Å². The van der Waals surface area contributed by atoms with Gasteiger partial charge in [-0.25, -0.2) is 9.97 Å². The molecule has 1 aliphatic rings. The van der Waals surface area contributed by atoms with Crippen LogP contribution in [0.3, 0.4) is 0 Å². The van der Waals surface area contributed by atoms with Gasteiger partial charge in [-0.2, -0.15) is 0 Å². The number of furan rings is 1. The largest absolute Gasteiger partial charge is 0.481 e. The molecular weight excluding hydrogens is 268 g/mol. The molecule has 2 aromatic heterocycles. The van der Waals surface area contributed by atoms with Gasteiger partial charge in [-0.3, -0.25) is 4.90 Å². The van der Waals surface area contributed by atoms with Crippen molar-refractivity contribution in [2.45, 2.75) is 18.9 Å². The molecule has 0 saturated carbocycles. The number of hydrogen-bond acceptors (Lipinski definition) is 6. The van der Waals surface area contributed by atoms with Gasteiger partial charge < -0.3 is 14.5 Å². The Labute approximate surface area is 124 Å². The molecule has 0 aliphatic carbocycles. The van der Waals surface area contributed by atoms with E-state index in [4.69, 9.17) is 9.15 Å². The number of nitrogens with zero attached hydrogens (tertiary/aromatic N) is 3. The van der Waals surface area contributed by atoms with Crippen molar-refractivity contribution in [1.82, 2.24) is 14.9 Å². The van der Waals surface area contributed by atoms with Crippen molar-refractivity contribution in [2.24, 2.45) is 0 Å². The molecule has 21 heavy (non-hydrogen) atoms. The van der Waals surface area contributed by atoms with Gasteiger partial charge in [0.15, 0.2) is 0 Å². The molecule has 1 saturated heterocycles. The SMILES string of the molecule is COc1cc(NC[C@H](c2ccco2)N2CCCC2)ncn1. The summed E-state index contributed by atoms with van der Waals surface area (Å²) in [5.41, 5.74) is 0. The Kier molecular flexibility index (Phi) is 4.35. The highest BCUT2D eigenvalue weighted by atomic mass is 16.5. The van der Waals surface area contributed by atoms with Gasteiger partial charge in [0.1, 0.15) is 17.9 Å². The summed E-state index contributed by atoms with van der Waals surface area (Å²) in [7, 11) is 1.60. The van der Waals surface area contributed by atoms with Crippen LogP contribution >= 0.6 is 0 Å². The van der Waals surface area contributed by atoms with Crippen LogP contribution in [0, 0.1) is 0 Å². The molecule has 112 valence electrons. The second kappa shape index (κ2) is 6.58. The molecule has 0 bridgehead atoms. The lowest BCUT2D eigenvalue weighted by Gasteiger charge is -2.26. The number of hydrogen-bond donors (Lipinski definition) is 1. The molecule has 1 N–H and O–H groups in total. The zero-order valence-corrected chi connectivity index (χ0v) is 12.2. The van der Waals surface area contributed by atoms with E-state index in [2.05, 4.69) is 20.2 Å². The summed E-state index contributed by atoms with van der Waals surface area (Å²) in [6.07, 6.45) is 5.72. The van der Waals surface area contributed by atoms with Crippen molar-refractivity contribution in [3.63, 3.8) is 0 Å². The van der Waals surface area contributed by atoms with Gasteiger partial charge in [-0.05, 0) is 38.1 Å². The maximum Gasteiger partial charge on any atom is 0.218 e. The molecule has 1 aliphatic heterocycles. The number of ether oxygens (including phenoxy) is 1. The number of rotatable bonds is 6. The first-order valence-electron chi connectivity index (χ1n) is 7.24. The normalized spacial score (nSPS) is 16.8. The molecule has 0 spiro atoms. The zero-order chi connectivity index (χ0) is 14.5. The second-order valence-electron chi connectivity index (χ2n) is 5.10. The standard InChI is InChI=1S/C15H20N4O2/c1-20-15-9-14(17-11-18-15)16-10-12(13-5-4-8-21-13)19-6-2-3-7-19/h4-5,8-9,11-12H,2-3,6-7,10H2,1H3,(H,16,17,18)/t12-/m1/s1. The number of aromatic nitrogens is 2. The molecule has 0 unspecified atom stereocenters. The van der Waals surface area contributed by atoms with Crippen LogP contribution in [-0.2, 0) is 0 Å². The van der Waals surface area contributed by atoms with E-state index in [9.17, 15) is 0 Å². The van der Waals surface area contributed by atoms with E-state index in [1.54, 1.807) is 19.4 Å². The molecule has 0 radical (unpaired) electrons. The van der Waals surface area contributed by atoms with Gasteiger partial charge in [0.2, 0.25) is 5.88 Å². The monoisotopic (exact) mass is 288 g/mol. The van der Waals surface area contributed by atoms with Gasteiger partial charge in [-0.15, -0.1) is 0 Å². The summed E-state index contributed by atoms with van der Waals surface area (Å²) in [6, 6.07) is 5.99. The Bertz CT molecular complexity index is 553. The molecular formula is C15H20N4O2. The zero-order valence-electron chi connectivity index (χ0n) is 12.2. The summed E-state index contributed by atoms with van der Waals surface area (Å²) in [4.78, 5) is 10.7. The van der Waals surface area contributed by atoms with E-state index >= 15 is 0 Å². The van der Waals surface area contributed by atoms with Crippen LogP contribution in [0.5, 0.6) is 5.88 Å². The minimum absolute atomic E-state index is 0.225. The second-order valence-corrected chi connectivity index (χ2v) is 5.10. The third-order valence-electron chi connectivity index (χ3n) is 3.78. The van der Waals surface area contributed by atoms with E-state index in [-0.39, 0.29) is 6.04 Å². The van der Waals surface area contributed by atoms with Crippen LogP contribution in [0.1, 0.15) is 24.6 Å². The third kappa shape index (κ3) is 3.33. The molecule has 0 aromatic carbocycles. The summed E-state index contributed by atoms with van der Waals surface area (Å²) in [5.74, 6) is 2.31. The van der Waals surface area contributed by atoms with Gasteiger partial charge >= 0.3 is 0 Å². The molecule has 6 heteroatoms. The van der Waals surface area contributed by atoms with E-state index < -0.39 is 0 Å². The maximum absolute atomic E-state index is 5.60. The molecule has 2 aromatic rings. The molecule has 6 nitrogen and oxygen atoms in total.